The van der Waals surface area contributed by atoms with Gasteiger partial charge in [-0.2, -0.15) is 0 Å². The van der Waals surface area contributed by atoms with Crippen molar-refractivity contribution in [2.45, 2.75) is 51.5 Å². The van der Waals surface area contributed by atoms with Crippen LogP contribution in [-0.2, 0) is 0 Å². The van der Waals surface area contributed by atoms with Crippen LogP contribution >= 0.6 is 15.9 Å². The van der Waals surface area contributed by atoms with Crippen molar-refractivity contribution in [3.63, 3.8) is 0 Å². The van der Waals surface area contributed by atoms with E-state index in [2.05, 4.69) is 61.8 Å². The maximum absolute atomic E-state index is 6.18. The first-order valence-corrected chi connectivity index (χ1v) is 7.27. The van der Waals surface area contributed by atoms with Gasteiger partial charge < -0.3 is 4.74 Å². The lowest BCUT2D eigenvalue weighted by atomic mass is 9.65. The van der Waals surface area contributed by atoms with Crippen molar-refractivity contribution in [2.75, 3.05) is 0 Å². The van der Waals surface area contributed by atoms with Crippen LogP contribution in [0, 0.1) is 19.3 Å². The van der Waals surface area contributed by atoms with Gasteiger partial charge in [0.05, 0.1) is 0 Å². The molecule has 17 heavy (non-hydrogen) atoms. The van der Waals surface area contributed by atoms with Crippen LogP contribution in [0.25, 0.3) is 0 Å². The van der Waals surface area contributed by atoms with Crippen molar-refractivity contribution in [2.24, 2.45) is 5.41 Å². The summed E-state index contributed by atoms with van der Waals surface area (Å²) in [6, 6.07) is 6.40. The van der Waals surface area contributed by atoms with Crippen LogP contribution in [0.3, 0.4) is 0 Å². The fourth-order valence-corrected chi connectivity index (χ4v) is 3.44. The Labute approximate surface area is 113 Å². The Kier molecular flexibility index (Phi) is 3.53. The van der Waals surface area contributed by atoms with E-state index >= 15 is 0 Å². The highest BCUT2D eigenvalue weighted by molar-refractivity contribution is 9.09. The van der Waals surface area contributed by atoms with Gasteiger partial charge in [0.25, 0.3) is 0 Å². The molecule has 0 aromatic heterocycles. The SMILES string of the molecule is CCC1(C)C(Br)CC1Oc1ccc(C)cc1C. The molecule has 2 rings (SSSR count). The molecule has 0 spiro atoms. The monoisotopic (exact) mass is 296 g/mol. The van der Waals surface area contributed by atoms with Crippen molar-refractivity contribution in [1.82, 2.24) is 0 Å². The Morgan fingerprint density at radius 3 is 2.65 bits per heavy atom. The summed E-state index contributed by atoms with van der Waals surface area (Å²) < 4.78 is 6.18. The third-order valence-electron chi connectivity index (χ3n) is 4.23. The average Bonchev–Trinajstić information content (AvgIpc) is 2.30. The maximum Gasteiger partial charge on any atom is 0.122 e. The predicted octanol–water partition coefficient (Wildman–Crippen LogP) is 4.63. The number of ether oxygens (including phenoxy) is 1. The molecule has 3 atom stereocenters. The third-order valence-corrected chi connectivity index (χ3v) is 5.65. The van der Waals surface area contributed by atoms with E-state index in [-0.39, 0.29) is 5.41 Å². The lowest BCUT2D eigenvalue weighted by Crippen LogP contribution is -2.54. The van der Waals surface area contributed by atoms with Gasteiger partial charge in [-0.3, -0.25) is 0 Å². The molecule has 0 aliphatic heterocycles. The van der Waals surface area contributed by atoms with Gasteiger partial charge in [-0.25, -0.2) is 0 Å². The van der Waals surface area contributed by atoms with Gasteiger partial charge in [-0.15, -0.1) is 0 Å². The van der Waals surface area contributed by atoms with Gasteiger partial charge in [-0.05, 0) is 38.3 Å². The van der Waals surface area contributed by atoms with Crippen LogP contribution in [0.5, 0.6) is 5.75 Å². The Hall–Kier alpha value is -0.500. The van der Waals surface area contributed by atoms with Crippen LogP contribution in [0.1, 0.15) is 37.8 Å². The van der Waals surface area contributed by atoms with E-state index in [0.29, 0.717) is 10.9 Å². The molecular weight excluding hydrogens is 276 g/mol. The van der Waals surface area contributed by atoms with Gasteiger partial charge in [0.15, 0.2) is 0 Å². The zero-order valence-electron chi connectivity index (χ0n) is 11.1. The summed E-state index contributed by atoms with van der Waals surface area (Å²) in [5.41, 5.74) is 2.80. The molecule has 0 heterocycles. The number of alkyl halides is 1. The molecule has 1 nitrogen and oxygen atoms in total. The second kappa shape index (κ2) is 4.64. The quantitative estimate of drug-likeness (QED) is 0.739. The molecule has 2 heteroatoms. The molecule has 0 bridgehead atoms. The normalized spacial score (nSPS) is 32.1. The molecule has 1 saturated carbocycles. The molecule has 3 unspecified atom stereocenters. The molecule has 0 N–H and O–H groups in total. The van der Waals surface area contributed by atoms with Gasteiger partial charge >= 0.3 is 0 Å². The Morgan fingerprint density at radius 2 is 2.12 bits per heavy atom. The zero-order chi connectivity index (χ0) is 12.6. The van der Waals surface area contributed by atoms with Crippen molar-refractivity contribution in [1.29, 1.82) is 0 Å². The second-order valence-electron chi connectivity index (χ2n) is 5.44. The summed E-state index contributed by atoms with van der Waals surface area (Å²) in [4.78, 5) is 0.593. The molecule has 0 amide bonds. The van der Waals surface area contributed by atoms with Crippen molar-refractivity contribution < 1.29 is 4.74 Å². The standard InChI is InChI=1S/C15H21BrO/c1-5-15(4)13(16)9-14(15)17-12-7-6-10(2)8-11(12)3/h6-8,13-14H,5,9H2,1-4H3. The van der Waals surface area contributed by atoms with E-state index in [4.69, 9.17) is 4.74 Å². The molecule has 0 saturated heterocycles. The summed E-state index contributed by atoms with van der Waals surface area (Å²) in [7, 11) is 0. The van der Waals surface area contributed by atoms with Gasteiger partial charge in [-0.1, -0.05) is 47.5 Å². The van der Waals surface area contributed by atoms with E-state index in [0.717, 1.165) is 18.6 Å². The maximum atomic E-state index is 6.18. The van der Waals surface area contributed by atoms with E-state index in [1.165, 1.54) is 11.1 Å². The third kappa shape index (κ3) is 2.24. The van der Waals surface area contributed by atoms with Crippen LogP contribution in [0.15, 0.2) is 18.2 Å². The number of aryl methyl sites for hydroxylation is 2. The predicted molar refractivity (Wildman–Crippen MR) is 76.1 cm³/mol. The van der Waals surface area contributed by atoms with Gasteiger partial charge in [0.2, 0.25) is 0 Å². The average molecular weight is 297 g/mol. The smallest absolute Gasteiger partial charge is 0.122 e. The van der Waals surface area contributed by atoms with Crippen LogP contribution in [0.4, 0.5) is 0 Å². The first-order chi connectivity index (χ1) is 7.97. The molecule has 94 valence electrons. The summed E-state index contributed by atoms with van der Waals surface area (Å²) >= 11 is 3.75. The van der Waals surface area contributed by atoms with Gasteiger partial charge in [0.1, 0.15) is 11.9 Å². The first-order valence-electron chi connectivity index (χ1n) is 6.35. The fraction of sp³-hybridized carbons (Fsp3) is 0.600. The van der Waals surface area contributed by atoms with Gasteiger partial charge in [0, 0.05) is 10.2 Å². The highest BCUT2D eigenvalue weighted by Crippen LogP contribution is 2.50. The van der Waals surface area contributed by atoms with Crippen molar-refractivity contribution in [3.05, 3.63) is 29.3 Å². The molecule has 1 aromatic carbocycles. The largest absolute Gasteiger partial charge is 0.490 e. The topological polar surface area (TPSA) is 9.23 Å². The van der Waals surface area contributed by atoms with Crippen LogP contribution < -0.4 is 4.74 Å². The molecular formula is C15H21BrO. The summed E-state index contributed by atoms with van der Waals surface area (Å²) in [6.45, 7) is 8.79. The summed E-state index contributed by atoms with van der Waals surface area (Å²) in [5.74, 6) is 1.04. The molecule has 1 aromatic rings. The van der Waals surface area contributed by atoms with Crippen molar-refractivity contribution in [3.8, 4) is 5.75 Å². The zero-order valence-corrected chi connectivity index (χ0v) is 12.7. The number of rotatable bonds is 3. The fourth-order valence-electron chi connectivity index (χ4n) is 2.48. The Bertz CT molecular complexity index is 415. The number of halogens is 1. The summed E-state index contributed by atoms with van der Waals surface area (Å²) in [6.07, 6.45) is 2.61. The van der Waals surface area contributed by atoms with E-state index in [1.807, 2.05) is 0 Å². The van der Waals surface area contributed by atoms with E-state index < -0.39 is 0 Å². The lowest BCUT2D eigenvalue weighted by Gasteiger charge is -2.50. The second-order valence-corrected chi connectivity index (χ2v) is 6.54. The molecule has 1 fully saturated rings. The van der Waals surface area contributed by atoms with E-state index in [9.17, 15) is 0 Å². The highest BCUT2D eigenvalue weighted by Gasteiger charge is 2.50. The number of hydrogen-bond donors (Lipinski definition) is 0. The first kappa shape index (κ1) is 12.9. The van der Waals surface area contributed by atoms with E-state index in [1.54, 1.807) is 0 Å². The number of benzene rings is 1. The van der Waals surface area contributed by atoms with Crippen LogP contribution in [-0.4, -0.2) is 10.9 Å². The Morgan fingerprint density at radius 1 is 1.41 bits per heavy atom. The Balaban J connectivity index is 2.12. The molecule has 1 aliphatic carbocycles. The number of hydrogen-bond acceptors (Lipinski definition) is 1. The highest BCUT2D eigenvalue weighted by atomic mass is 79.9. The molecule has 0 radical (unpaired) electrons. The van der Waals surface area contributed by atoms with Crippen LogP contribution in [0.2, 0.25) is 0 Å². The molecule has 1 aliphatic rings. The lowest BCUT2D eigenvalue weighted by molar-refractivity contribution is -0.0247. The van der Waals surface area contributed by atoms with Crippen molar-refractivity contribution >= 4 is 15.9 Å². The minimum atomic E-state index is 0.275. The summed E-state index contributed by atoms with van der Waals surface area (Å²) in [5, 5.41) is 0. The minimum Gasteiger partial charge on any atom is -0.490 e. The minimum absolute atomic E-state index is 0.275.